The van der Waals surface area contributed by atoms with Crippen molar-refractivity contribution in [1.29, 1.82) is 0 Å². The minimum absolute atomic E-state index is 0.165. The third-order valence-electron chi connectivity index (χ3n) is 5.54. The Balaban J connectivity index is 1.39. The van der Waals surface area contributed by atoms with Crippen LogP contribution in [0.1, 0.15) is 18.4 Å². The molecule has 0 aliphatic carbocycles. The van der Waals surface area contributed by atoms with Crippen molar-refractivity contribution in [3.8, 4) is 16.2 Å². The maximum atomic E-state index is 13.1. The van der Waals surface area contributed by atoms with Gasteiger partial charge in [-0.15, -0.1) is 11.3 Å². The van der Waals surface area contributed by atoms with Crippen molar-refractivity contribution in [3.63, 3.8) is 0 Å². The van der Waals surface area contributed by atoms with E-state index in [1.54, 1.807) is 41.7 Å². The third kappa shape index (κ3) is 5.14. The predicted octanol–water partition coefficient (Wildman–Crippen LogP) is 5.45. The van der Waals surface area contributed by atoms with Gasteiger partial charge in [0.05, 0.1) is 10.1 Å². The quantitative estimate of drug-likeness (QED) is 0.467. The average Bonchev–Trinajstić information content (AvgIpc) is 3.30. The van der Waals surface area contributed by atoms with Gasteiger partial charge in [-0.1, -0.05) is 36.4 Å². The van der Waals surface area contributed by atoms with Crippen LogP contribution < -0.4 is 4.74 Å². The SMILES string of the molecule is O=S(=O)(c1ccc(-c2cccs2)cc1)C1CCN(Cc2ccccc2OC(F)F)CC1. The number of rotatable bonds is 7. The van der Waals surface area contributed by atoms with Crippen molar-refractivity contribution in [2.75, 3.05) is 13.1 Å². The monoisotopic (exact) mass is 463 g/mol. The van der Waals surface area contributed by atoms with Gasteiger partial charge in [0, 0.05) is 17.0 Å². The molecule has 1 saturated heterocycles. The second-order valence-corrected chi connectivity index (χ2v) is 10.7. The van der Waals surface area contributed by atoms with Gasteiger partial charge < -0.3 is 4.74 Å². The van der Waals surface area contributed by atoms with E-state index < -0.39 is 21.7 Å². The van der Waals surface area contributed by atoms with Gasteiger partial charge in [-0.25, -0.2) is 8.42 Å². The summed E-state index contributed by atoms with van der Waals surface area (Å²) in [6.07, 6.45) is 1.01. The molecule has 0 bridgehead atoms. The molecule has 0 saturated carbocycles. The fourth-order valence-corrected chi connectivity index (χ4v) is 6.37. The lowest BCUT2D eigenvalue weighted by atomic mass is 10.1. The van der Waals surface area contributed by atoms with Crippen LogP contribution in [0.15, 0.2) is 70.9 Å². The molecule has 1 aliphatic rings. The Morgan fingerprint density at radius 3 is 2.35 bits per heavy atom. The van der Waals surface area contributed by atoms with Crippen molar-refractivity contribution < 1.29 is 21.9 Å². The van der Waals surface area contributed by atoms with Gasteiger partial charge in [-0.05, 0) is 61.1 Å². The van der Waals surface area contributed by atoms with Crippen LogP contribution in [0.3, 0.4) is 0 Å². The van der Waals surface area contributed by atoms with E-state index in [0.717, 1.165) is 10.4 Å². The Labute approximate surface area is 185 Å². The van der Waals surface area contributed by atoms with Crippen LogP contribution >= 0.6 is 11.3 Å². The third-order valence-corrected chi connectivity index (χ3v) is 8.74. The summed E-state index contributed by atoms with van der Waals surface area (Å²) < 4.78 is 56.1. The zero-order chi connectivity index (χ0) is 21.8. The number of ether oxygens (including phenoxy) is 1. The predicted molar refractivity (Wildman–Crippen MR) is 118 cm³/mol. The topological polar surface area (TPSA) is 46.6 Å². The Kier molecular flexibility index (Phi) is 6.69. The van der Waals surface area contributed by atoms with Crippen LogP contribution in [0.5, 0.6) is 5.75 Å². The molecule has 31 heavy (non-hydrogen) atoms. The van der Waals surface area contributed by atoms with Crippen molar-refractivity contribution in [2.24, 2.45) is 0 Å². The molecule has 0 amide bonds. The molecule has 164 valence electrons. The first-order valence-electron chi connectivity index (χ1n) is 10.1. The zero-order valence-corrected chi connectivity index (χ0v) is 18.4. The van der Waals surface area contributed by atoms with Crippen molar-refractivity contribution >= 4 is 21.2 Å². The molecule has 0 radical (unpaired) electrons. The highest BCUT2D eigenvalue weighted by Gasteiger charge is 2.31. The molecule has 1 aliphatic heterocycles. The number of likely N-dealkylation sites (tertiary alicyclic amines) is 1. The number of hydrogen-bond donors (Lipinski definition) is 0. The van der Waals surface area contributed by atoms with E-state index in [0.29, 0.717) is 42.9 Å². The number of halogens is 2. The zero-order valence-electron chi connectivity index (χ0n) is 16.8. The molecule has 2 heterocycles. The maximum Gasteiger partial charge on any atom is 0.387 e. The van der Waals surface area contributed by atoms with Crippen molar-refractivity contribution in [2.45, 2.75) is 36.1 Å². The normalized spacial score (nSPS) is 16.0. The molecular weight excluding hydrogens is 440 g/mol. The molecule has 4 rings (SSSR count). The van der Waals surface area contributed by atoms with Gasteiger partial charge in [0.2, 0.25) is 0 Å². The van der Waals surface area contributed by atoms with Crippen LogP contribution in [0, 0.1) is 0 Å². The van der Waals surface area contributed by atoms with E-state index in [1.165, 1.54) is 6.07 Å². The fourth-order valence-electron chi connectivity index (χ4n) is 3.91. The molecule has 4 nitrogen and oxygen atoms in total. The summed E-state index contributed by atoms with van der Waals surface area (Å²) in [5, 5.41) is 1.55. The number of hydrogen-bond acceptors (Lipinski definition) is 5. The summed E-state index contributed by atoms with van der Waals surface area (Å²) >= 11 is 1.62. The summed E-state index contributed by atoms with van der Waals surface area (Å²) in [6, 6.07) is 17.8. The first-order valence-corrected chi connectivity index (χ1v) is 12.5. The van der Waals surface area contributed by atoms with E-state index in [-0.39, 0.29) is 5.75 Å². The maximum absolute atomic E-state index is 13.1. The lowest BCUT2D eigenvalue weighted by Crippen LogP contribution is -2.39. The number of sulfone groups is 1. The van der Waals surface area contributed by atoms with Crippen LogP contribution in [-0.4, -0.2) is 38.3 Å². The smallest absolute Gasteiger partial charge is 0.387 e. The van der Waals surface area contributed by atoms with Gasteiger partial charge in [0.1, 0.15) is 5.75 Å². The first kappa shape index (κ1) is 21.9. The molecule has 1 fully saturated rings. The molecule has 0 atom stereocenters. The number of nitrogens with zero attached hydrogens (tertiary/aromatic N) is 1. The highest BCUT2D eigenvalue weighted by molar-refractivity contribution is 7.92. The Morgan fingerprint density at radius 2 is 1.71 bits per heavy atom. The number of para-hydroxylation sites is 1. The second kappa shape index (κ2) is 9.46. The fraction of sp³-hybridized carbons (Fsp3) is 0.304. The van der Waals surface area contributed by atoms with E-state index >= 15 is 0 Å². The number of piperidine rings is 1. The largest absolute Gasteiger partial charge is 0.434 e. The highest BCUT2D eigenvalue weighted by atomic mass is 32.2. The van der Waals surface area contributed by atoms with Gasteiger partial charge in [-0.3, -0.25) is 4.90 Å². The summed E-state index contributed by atoms with van der Waals surface area (Å²) in [4.78, 5) is 3.54. The molecule has 2 aromatic carbocycles. The summed E-state index contributed by atoms with van der Waals surface area (Å²) in [6.45, 7) is -1.26. The van der Waals surface area contributed by atoms with Gasteiger partial charge in [-0.2, -0.15) is 8.78 Å². The molecular formula is C23H23F2NO3S2. The summed E-state index contributed by atoms with van der Waals surface area (Å²) in [5.74, 6) is 0.165. The average molecular weight is 464 g/mol. The Hall–Kier alpha value is -2.29. The van der Waals surface area contributed by atoms with Crippen LogP contribution in [0.2, 0.25) is 0 Å². The standard InChI is InChI=1S/C23H23F2NO3S2/c24-23(25)29-21-5-2-1-4-18(21)16-26-13-11-20(12-14-26)31(27,28)19-9-7-17(8-10-19)22-6-3-15-30-22/h1-10,15,20,23H,11-14,16H2. The van der Waals surface area contributed by atoms with Crippen molar-refractivity contribution in [3.05, 3.63) is 71.6 Å². The molecule has 3 aromatic rings. The van der Waals surface area contributed by atoms with Crippen LogP contribution in [0.4, 0.5) is 8.78 Å². The Morgan fingerprint density at radius 1 is 1.00 bits per heavy atom. The van der Waals surface area contributed by atoms with Crippen LogP contribution in [0.25, 0.3) is 10.4 Å². The molecule has 1 aromatic heterocycles. The van der Waals surface area contributed by atoms with E-state index in [9.17, 15) is 17.2 Å². The van der Waals surface area contributed by atoms with Gasteiger partial charge in [0.15, 0.2) is 9.84 Å². The lowest BCUT2D eigenvalue weighted by molar-refractivity contribution is -0.0508. The van der Waals surface area contributed by atoms with Gasteiger partial charge in [0.25, 0.3) is 0 Å². The number of alkyl halides is 2. The van der Waals surface area contributed by atoms with E-state index in [1.807, 2.05) is 29.6 Å². The minimum Gasteiger partial charge on any atom is -0.434 e. The van der Waals surface area contributed by atoms with E-state index in [4.69, 9.17) is 0 Å². The highest BCUT2D eigenvalue weighted by Crippen LogP contribution is 2.30. The number of benzene rings is 2. The Bertz CT molecular complexity index is 1090. The molecule has 0 spiro atoms. The van der Waals surface area contributed by atoms with E-state index in [2.05, 4.69) is 9.64 Å². The van der Waals surface area contributed by atoms with Crippen molar-refractivity contribution in [1.82, 2.24) is 4.90 Å². The summed E-state index contributed by atoms with van der Waals surface area (Å²) in [7, 11) is -3.42. The first-order chi connectivity index (χ1) is 14.9. The number of thiophene rings is 1. The molecule has 8 heteroatoms. The minimum atomic E-state index is -3.42. The molecule has 0 N–H and O–H groups in total. The van der Waals surface area contributed by atoms with Crippen LogP contribution in [-0.2, 0) is 16.4 Å². The molecule has 0 unspecified atom stereocenters. The lowest BCUT2D eigenvalue weighted by Gasteiger charge is -2.32. The summed E-state index contributed by atoms with van der Waals surface area (Å²) in [5.41, 5.74) is 1.68. The van der Waals surface area contributed by atoms with Gasteiger partial charge >= 0.3 is 6.61 Å². The second-order valence-electron chi connectivity index (χ2n) is 7.51.